The van der Waals surface area contributed by atoms with E-state index < -0.39 is 0 Å². The minimum absolute atomic E-state index is 0.0478. The Morgan fingerprint density at radius 3 is 2.26 bits per heavy atom. The minimum Gasteiger partial charge on any atom is -0.345 e. The average molecular weight is 366 g/mol. The van der Waals surface area contributed by atoms with Crippen LogP contribution in [0.5, 0.6) is 0 Å². The summed E-state index contributed by atoms with van der Waals surface area (Å²) in [6.45, 7) is 4.14. The summed E-state index contributed by atoms with van der Waals surface area (Å²) in [7, 11) is 0. The van der Waals surface area contributed by atoms with Crippen LogP contribution in [0.15, 0.2) is 36.4 Å². The van der Waals surface area contributed by atoms with Crippen LogP contribution < -0.4 is 10.2 Å². The fourth-order valence-electron chi connectivity index (χ4n) is 6.88. The Morgan fingerprint density at radius 1 is 1.07 bits per heavy atom. The molecular formula is C24H33N2O+. The summed E-state index contributed by atoms with van der Waals surface area (Å²) < 4.78 is 0. The van der Waals surface area contributed by atoms with Crippen molar-refractivity contribution in [2.45, 2.75) is 63.5 Å². The topological polar surface area (TPSA) is 33.5 Å². The van der Waals surface area contributed by atoms with Crippen LogP contribution in [0.4, 0.5) is 0 Å². The second-order valence-corrected chi connectivity index (χ2v) is 9.87. The number of amides is 1. The van der Waals surface area contributed by atoms with Crippen molar-refractivity contribution in [3.05, 3.63) is 42.0 Å². The largest absolute Gasteiger partial charge is 0.345 e. The summed E-state index contributed by atoms with van der Waals surface area (Å²) in [5, 5.41) is 3.58. The van der Waals surface area contributed by atoms with Crippen molar-refractivity contribution >= 4 is 11.5 Å². The van der Waals surface area contributed by atoms with E-state index in [1.165, 1.54) is 54.6 Å². The van der Waals surface area contributed by atoms with Crippen molar-refractivity contribution in [3.8, 4) is 0 Å². The molecule has 3 heteroatoms. The Bertz CT molecular complexity index is 703. The van der Waals surface area contributed by atoms with Gasteiger partial charge in [-0.2, -0.15) is 0 Å². The molecule has 4 bridgehead atoms. The second-order valence-electron chi connectivity index (χ2n) is 9.87. The van der Waals surface area contributed by atoms with Gasteiger partial charge in [-0.05, 0) is 80.4 Å². The van der Waals surface area contributed by atoms with Gasteiger partial charge >= 0.3 is 0 Å². The Balaban J connectivity index is 1.22. The van der Waals surface area contributed by atoms with Gasteiger partial charge in [0.2, 0.25) is 0 Å². The molecule has 3 nitrogen and oxygen atoms in total. The van der Waals surface area contributed by atoms with Crippen LogP contribution in [0.25, 0.3) is 5.57 Å². The van der Waals surface area contributed by atoms with Crippen LogP contribution in [-0.2, 0) is 4.79 Å². The first kappa shape index (κ1) is 17.5. The first-order valence-electron chi connectivity index (χ1n) is 11.0. The Labute approximate surface area is 163 Å². The van der Waals surface area contributed by atoms with Crippen molar-refractivity contribution in [3.63, 3.8) is 0 Å². The number of rotatable bonds is 4. The molecule has 144 valence electrons. The molecule has 5 aliphatic rings. The maximum Gasteiger partial charge on any atom is 0.278 e. The molecule has 1 aliphatic heterocycles. The molecule has 6 rings (SSSR count). The van der Waals surface area contributed by atoms with Gasteiger partial charge in [0.1, 0.15) is 0 Å². The predicted molar refractivity (Wildman–Crippen MR) is 108 cm³/mol. The Kier molecular flexibility index (Phi) is 4.39. The fraction of sp³-hybridized carbons (Fsp3) is 0.625. The third-order valence-electron chi connectivity index (χ3n) is 7.90. The van der Waals surface area contributed by atoms with Gasteiger partial charge in [-0.15, -0.1) is 0 Å². The van der Waals surface area contributed by atoms with E-state index in [1.807, 2.05) is 0 Å². The molecule has 1 aromatic carbocycles. The summed E-state index contributed by atoms with van der Waals surface area (Å²) in [5.41, 5.74) is 2.91. The van der Waals surface area contributed by atoms with E-state index in [0.29, 0.717) is 5.91 Å². The van der Waals surface area contributed by atoms with Crippen LogP contribution in [0.3, 0.4) is 0 Å². The zero-order chi connectivity index (χ0) is 18.4. The van der Waals surface area contributed by atoms with Crippen LogP contribution in [0.1, 0.15) is 57.4 Å². The van der Waals surface area contributed by atoms with Gasteiger partial charge in [0, 0.05) is 12.0 Å². The Hall–Kier alpha value is -1.61. The van der Waals surface area contributed by atoms with Crippen LogP contribution in [0.2, 0.25) is 0 Å². The lowest BCUT2D eigenvalue weighted by atomic mass is 9.53. The molecule has 1 aromatic rings. The van der Waals surface area contributed by atoms with Crippen molar-refractivity contribution < 1.29 is 9.69 Å². The predicted octanol–water partition coefficient (Wildman–Crippen LogP) is 2.83. The highest BCUT2D eigenvalue weighted by atomic mass is 16.2. The number of quaternary nitrogens is 1. The quantitative estimate of drug-likeness (QED) is 0.845. The first-order valence-corrected chi connectivity index (χ1v) is 11.0. The number of hydrogen-bond donors (Lipinski definition) is 2. The molecular weight excluding hydrogens is 332 g/mol. The van der Waals surface area contributed by atoms with Gasteiger partial charge in [0.25, 0.3) is 5.91 Å². The lowest BCUT2D eigenvalue weighted by Crippen LogP contribution is -3.17. The lowest BCUT2D eigenvalue weighted by Gasteiger charge is -2.57. The van der Waals surface area contributed by atoms with Gasteiger partial charge < -0.3 is 10.2 Å². The first-order chi connectivity index (χ1) is 13.1. The summed E-state index contributed by atoms with van der Waals surface area (Å²) >= 11 is 0. The summed E-state index contributed by atoms with van der Waals surface area (Å²) in [6, 6.07) is 10.7. The van der Waals surface area contributed by atoms with E-state index in [-0.39, 0.29) is 11.6 Å². The summed E-state index contributed by atoms with van der Waals surface area (Å²) in [5.74, 6) is 2.94. The van der Waals surface area contributed by atoms with Crippen molar-refractivity contribution in [1.82, 2.24) is 5.32 Å². The molecule has 0 spiro atoms. The highest BCUT2D eigenvalue weighted by Gasteiger charge is 2.52. The molecule has 0 radical (unpaired) electrons. The molecule has 0 saturated heterocycles. The van der Waals surface area contributed by atoms with Crippen molar-refractivity contribution in [2.75, 3.05) is 13.1 Å². The van der Waals surface area contributed by atoms with E-state index >= 15 is 0 Å². The monoisotopic (exact) mass is 365 g/mol. The third kappa shape index (κ3) is 3.35. The van der Waals surface area contributed by atoms with Crippen molar-refractivity contribution in [1.29, 1.82) is 0 Å². The van der Waals surface area contributed by atoms with E-state index in [0.717, 1.165) is 37.3 Å². The molecule has 27 heavy (non-hydrogen) atoms. The molecule has 4 aliphatic carbocycles. The highest BCUT2D eigenvalue weighted by Crippen LogP contribution is 2.55. The van der Waals surface area contributed by atoms with Gasteiger partial charge in [0.15, 0.2) is 6.04 Å². The number of hydrogen-bond acceptors (Lipinski definition) is 1. The number of carbonyl (C=O) groups excluding carboxylic acids is 1. The van der Waals surface area contributed by atoms with Crippen LogP contribution in [0, 0.1) is 17.8 Å². The van der Waals surface area contributed by atoms with E-state index in [1.54, 1.807) is 0 Å². The van der Waals surface area contributed by atoms with Gasteiger partial charge in [-0.1, -0.05) is 30.3 Å². The molecule has 1 unspecified atom stereocenters. The minimum atomic E-state index is 0.0478. The molecule has 4 saturated carbocycles. The van der Waals surface area contributed by atoms with Gasteiger partial charge in [-0.25, -0.2) is 0 Å². The zero-order valence-electron chi connectivity index (χ0n) is 16.5. The fourth-order valence-corrected chi connectivity index (χ4v) is 6.88. The molecule has 4 fully saturated rings. The standard InChI is InChI=1S/C24H32N2O/c1-17(26-9-7-22(8-10-26)21-5-3-2-4-6-21)23(27)25-24-14-18-11-19(15-24)13-20(12-18)16-24/h2-7,17-20H,8-16H2,1H3,(H,25,27)/p+1/t17-,18?,19?,20?,24?/m0/s1. The maximum atomic E-state index is 13.1. The third-order valence-corrected chi connectivity index (χ3v) is 7.90. The smallest absolute Gasteiger partial charge is 0.278 e. The van der Waals surface area contributed by atoms with E-state index in [9.17, 15) is 4.79 Å². The van der Waals surface area contributed by atoms with Gasteiger partial charge in [-0.3, -0.25) is 4.79 Å². The van der Waals surface area contributed by atoms with Crippen LogP contribution in [-0.4, -0.2) is 30.6 Å². The molecule has 1 heterocycles. The molecule has 2 atom stereocenters. The SMILES string of the molecule is C[C@@H](C(=O)NC12CC3CC(CC(C3)C1)C2)[NH+]1CC=C(c2ccccc2)CC1. The highest BCUT2D eigenvalue weighted by molar-refractivity contribution is 5.81. The number of nitrogens with one attached hydrogen (secondary N) is 2. The maximum absolute atomic E-state index is 13.1. The average Bonchev–Trinajstić information content (AvgIpc) is 2.67. The summed E-state index contributed by atoms with van der Waals surface area (Å²) in [4.78, 5) is 14.5. The molecule has 1 amide bonds. The van der Waals surface area contributed by atoms with E-state index in [2.05, 4.69) is 48.6 Å². The molecule has 0 aromatic heterocycles. The second kappa shape index (κ2) is 6.77. The van der Waals surface area contributed by atoms with Gasteiger partial charge in [0.05, 0.1) is 13.1 Å². The van der Waals surface area contributed by atoms with Crippen LogP contribution >= 0.6 is 0 Å². The van der Waals surface area contributed by atoms with E-state index in [4.69, 9.17) is 0 Å². The zero-order valence-corrected chi connectivity index (χ0v) is 16.5. The summed E-state index contributed by atoms with van der Waals surface area (Å²) in [6.07, 6.45) is 11.4. The normalized spacial score (nSPS) is 38.3. The lowest BCUT2D eigenvalue weighted by molar-refractivity contribution is -0.909. The van der Waals surface area contributed by atoms with Crippen molar-refractivity contribution in [2.24, 2.45) is 17.8 Å². The number of carbonyl (C=O) groups is 1. The number of benzene rings is 1. The Morgan fingerprint density at radius 2 is 1.70 bits per heavy atom. The molecule has 2 N–H and O–H groups in total.